The number of hydrogen-bond acceptors (Lipinski definition) is 5. The van der Waals surface area contributed by atoms with Gasteiger partial charge in [-0.3, -0.25) is 0 Å². The standard InChI is InChI=1S/C15H17BrO5/c1-18-9-5-6-10(19-2)12-11(9)14(20-3)8(7-17)13(16)15(12)21-4/h5-6,17H,7H2,1-4H3. The van der Waals surface area contributed by atoms with E-state index in [9.17, 15) is 5.11 Å². The Bertz CT molecular complexity index is 669. The van der Waals surface area contributed by atoms with Gasteiger partial charge >= 0.3 is 0 Å². The van der Waals surface area contributed by atoms with Crippen LogP contribution in [-0.2, 0) is 6.61 Å². The second-order valence-corrected chi connectivity index (χ2v) is 5.03. The fourth-order valence-electron chi connectivity index (χ4n) is 2.41. The lowest BCUT2D eigenvalue weighted by Crippen LogP contribution is -2.01. The molecule has 5 nitrogen and oxygen atoms in total. The van der Waals surface area contributed by atoms with Crippen LogP contribution in [0.1, 0.15) is 5.56 Å². The molecule has 0 bridgehead atoms. The molecule has 0 saturated heterocycles. The van der Waals surface area contributed by atoms with Gasteiger partial charge < -0.3 is 24.1 Å². The second-order valence-electron chi connectivity index (χ2n) is 4.24. The third-order valence-electron chi connectivity index (χ3n) is 3.33. The predicted molar refractivity (Wildman–Crippen MR) is 83.8 cm³/mol. The van der Waals surface area contributed by atoms with E-state index in [0.717, 1.165) is 5.39 Å². The first kappa shape index (κ1) is 15.7. The summed E-state index contributed by atoms with van der Waals surface area (Å²) in [5.41, 5.74) is 0.591. The summed E-state index contributed by atoms with van der Waals surface area (Å²) in [5, 5.41) is 11.1. The molecular weight excluding hydrogens is 340 g/mol. The maximum Gasteiger partial charge on any atom is 0.145 e. The molecule has 0 radical (unpaired) electrons. The summed E-state index contributed by atoms with van der Waals surface area (Å²) in [7, 11) is 6.27. The molecule has 0 unspecified atom stereocenters. The third kappa shape index (κ3) is 2.38. The van der Waals surface area contributed by atoms with E-state index < -0.39 is 0 Å². The Morgan fingerprint density at radius 3 is 1.71 bits per heavy atom. The van der Waals surface area contributed by atoms with E-state index in [-0.39, 0.29) is 6.61 Å². The van der Waals surface area contributed by atoms with Crippen LogP contribution in [0, 0.1) is 0 Å². The molecule has 0 spiro atoms. The van der Waals surface area contributed by atoms with Gasteiger partial charge in [0.25, 0.3) is 0 Å². The molecule has 0 atom stereocenters. The molecule has 0 amide bonds. The molecule has 1 N–H and O–H groups in total. The zero-order chi connectivity index (χ0) is 15.6. The minimum absolute atomic E-state index is 0.198. The van der Waals surface area contributed by atoms with Crippen molar-refractivity contribution in [1.29, 1.82) is 0 Å². The van der Waals surface area contributed by atoms with Gasteiger partial charge in [0.1, 0.15) is 23.0 Å². The van der Waals surface area contributed by atoms with Crippen LogP contribution in [0.4, 0.5) is 0 Å². The number of methoxy groups -OCH3 is 4. The molecule has 2 rings (SSSR count). The van der Waals surface area contributed by atoms with Crippen LogP contribution in [0.15, 0.2) is 16.6 Å². The van der Waals surface area contributed by atoms with Gasteiger partial charge in [-0.15, -0.1) is 0 Å². The van der Waals surface area contributed by atoms with Gasteiger partial charge in [-0.1, -0.05) is 0 Å². The van der Waals surface area contributed by atoms with Crippen molar-refractivity contribution in [2.45, 2.75) is 6.61 Å². The Balaban J connectivity index is 3.09. The average Bonchev–Trinajstić information content (AvgIpc) is 2.52. The van der Waals surface area contributed by atoms with Gasteiger partial charge in [-0.2, -0.15) is 0 Å². The molecule has 0 aliphatic rings. The summed E-state index contributed by atoms with van der Waals surface area (Å²) in [6.07, 6.45) is 0. The van der Waals surface area contributed by atoms with E-state index in [1.165, 1.54) is 0 Å². The van der Waals surface area contributed by atoms with Crippen LogP contribution >= 0.6 is 15.9 Å². The molecule has 0 saturated carbocycles. The van der Waals surface area contributed by atoms with E-state index in [1.807, 2.05) is 0 Å². The van der Waals surface area contributed by atoms with Crippen LogP contribution in [-0.4, -0.2) is 33.5 Å². The second kappa shape index (κ2) is 6.41. The first-order chi connectivity index (χ1) is 10.1. The van der Waals surface area contributed by atoms with Crippen molar-refractivity contribution in [3.05, 3.63) is 22.2 Å². The van der Waals surface area contributed by atoms with Gasteiger partial charge in [0, 0.05) is 5.56 Å². The summed E-state index contributed by atoms with van der Waals surface area (Å²) >= 11 is 3.46. The number of ether oxygens (including phenoxy) is 4. The Morgan fingerprint density at radius 1 is 0.857 bits per heavy atom. The smallest absolute Gasteiger partial charge is 0.145 e. The highest BCUT2D eigenvalue weighted by atomic mass is 79.9. The zero-order valence-corrected chi connectivity index (χ0v) is 13.9. The van der Waals surface area contributed by atoms with Gasteiger partial charge in [-0.25, -0.2) is 0 Å². The van der Waals surface area contributed by atoms with Crippen LogP contribution in [0.2, 0.25) is 0 Å². The minimum Gasteiger partial charge on any atom is -0.496 e. The lowest BCUT2D eigenvalue weighted by Gasteiger charge is -2.20. The molecule has 2 aromatic rings. The van der Waals surface area contributed by atoms with Crippen LogP contribution < -0.4 is 18.9 Å². The lowest BCUT2D eigenvalue weighted by molar-refractivity contribution is 0.272. The number of fused-ring (bicyclic) bond motifs is 1. The molecule has 0 aliphatic carbocycles. The summed E-state index contributed by atoms with van der Waals surface area (Å²) in [6, 6.07) is 3.59. The molecule has 0 aliphatic heterocycles. The highest BCUT2D eigenvalue weighted by Crippen LogP contribution is 2.50. The number of benzene rings is 2. The van der Waals surface area contributed by atoms with Crippen molar-refractivity contribution in [2.75, 3.05) is 28.4 Å². The van der Waals surface area contributed by atoms with Gasteiger partial charge in [0.15, 0.2) is 0 Å². The maximum absolute atomic E-state index is 9.66. The first-order valence-electron chi connectivity index (χ1n) is 6.22. The molecule has 6 heteroatoms. The van der Waals surface area contributed by atoms with Crippen molar-refractivity contribution in [1.82, 2.24) is 0 Å². The Hall–Kier alpha value is -1.66. The Kier molecular flexibility index (Phi) is 4.80. The van der Waals surface area contributed by atoms with Gasteiger partial charge in [0.2, 0.25) is 0 Å². The largest absolute Gasteiger partial charge is 0.496 e. The van der Waals surface area contributed by atoms with Crippen LogP contribution in [0.3, 0.4) is 0 Å². The maximum atomic E-state index is 9.66. The van der Waals surface area contributed by atoms with Crippen molar-refractivity contribution >= 4 is 26.7 Å². The van der Waals surface area contributed by atoms with E-state index in [1.54, 1.807) is 40.6 Å². The fourth-order valence-corrected chi connectivity index (χ4v) is 3.08. The number of rotatable bonds is 5. The number of halogens is 1. The lowest BCUT2D eigenvalue weighted by atomic mass is 10.0. The predicted octanol–water partition coefficient (Wildman–Crippen LogP) is 3.13. The normalized spacial score (nSPS) is 10.6. The van der Waals surface area contributed by atoms with Crippen LogP contribution in [0.5, 0.6) is 23.0 Å². The van der Waals surface area contributed by atoms with E-state index in [4.69, 9.17) is 18.9 Å². The van der Waals surface area contributed by atoms with E-state index in [2.05, 4.69) is 15.9 Å². The number of aliphatic hydroxyl groups excluding tert-OH is 1. The third-order valence-corrected chi connectivity index (χ3v) is 4.17. The summed E-state index contributed by atoms with van der Waals surface area (Å²) < 4.78 is 22.5. The summed E-state index contributed by atoms with van der Waals surface area (Å²) in [5.74, 6) is 2.33. The number of aliphatic hydroxyl groups is 1. The Morgan fingerprint density at radius 2 is 1.33 bits per heavy atom. The molecular formula is C15H17BrO5. The highest BCUT2D eigenvalue weighted by Gasteiger charge is 2.24. The van der Waals surface area contributed by atoms with Crippen molar-refractivity contribution in [2.24, 2.45) is 0 Å². The molecule has 0 fully saturated rings. The monoisotopic (exact) mass is 356 g/mol. The SMILES string of the molecule is COc1ccc(OC)c2c(OC)c(CO)c(Br)c(OC)c12. The molecule has 2 aromatic carbocycles. The summed E-state index contributed by atoms with van der Waals surface area (Å²) in [6.45, 7) is -0.198. The van der Waals surface area contributed by atoms with Crippen molar-refractivity contribution in [3.63, 3.8) is 0 Å². The average molecular weight is 357 g/mol. The zero-order valence-electron chi connectivity index (χ0n) is 12.3. The molecule has 0 aromatic heterocycles. The van der Waals surface area contributed by atoms with Crippen molar-refractivity contribution in [3.8, 4) is 23.0 Å². The first-order valence-corrected chi connectivity index (χ1v) is 7.01. The van der Waals surface area contributed by atoms with Gasteiger partial charge in [0.05, 0.1) is 50.3 Å². The molecule has 21 heavy (non-hydrogen) atoms. The van der Waals surface area contributed by atoms with E-state index >= 15 is 0 Å². The number of hydrogen-bond donors (Lipinski definition) is 1. The van der Waals surface area contributed by atoms with Crippen LogP contribution in [0.25, 0.3) is 10.8 Å². The minimum atomic E-state index is -0.198. The summed E-state index contributed by atoms with van der Waals surface area (Å²) in [4.78, 5) is 0. The molecule has 0 heterocycles. The van der Waals surface area contributed by atoms with E-state index in [0.29, 0.717) is 38.4 Å². The van der Waals surface area contributed by atoms with Gasteiger partial charge in [-0.05, 0) is 28.1 Å². The Labute approximate surface area is 131 Å². The quantitative estimate of drug-likeness (QED) is 0.891. The highest BCUT2D eigenvalue weighted by molar-refractivity contribution is 9.10. The molecule has 114 valence electrons. The topological polar surface area (TPSA) is 57.2 Å². The fraction of sp³-hybridized carbons (Fsp3) is 0.333. The van der Waals surface area contributed by atoms with Crippen molar-refractivity contribution < 1.29 is 24.1 Å².